The van der Waals surface area contributed by atoms with Gasteiger partial charge in [-0.15, -0.1) is 0 Å². The average Bonchev–Trinajstić information content (AvgIpc) is 3.38. The molecule has 1 aromatic rings. The lowest BCUT2D eigenvalue weighted by atomic mass is 10.2. The van der Waals surface area contributed by atoms with Crippen LogP contribution in [0.4, 0.5) is 4.79 Å². The van der Waals surface area contributed by atoms with Crippen LogP contribution in [0.2, 0.25) is 0 Å². The number of benzene rings is 1. The number of methoxy groups -OCH3 is 2. The van der Waals surface area contributed by atoms with Crippen LogP contribution in [0.5, 0.6) is 0 Å². The van der Waals surface area contributed by atoms with E-state index < -0.39 is 41.4 Å². The second-order valence-electron chi connectivity index (χ2n) is 6.19. The van der Waals surface area contributed by atoms with E-state index >= 15 is 0 Å². The fraction of sp³-hybridized carbons (Fsp3) is 0.400. The molecule has 9 heteroatoms. The largest absolute Gasteiger partial charge is 0.467 e. The Balaban J connectivity index is 2.21. The Kier molecular flexibility index (Phi) is 7.35. The third kappa shape index (κ3) is 4.92. The molecule has 29 heavy (non-hydrogen) atoms. The lowest BCUT2D eigenvalue weighted by molar-refractivity contribution is -0.151. The lowest BCUT2D eigenvalue weighted by Gasteiger charge is -2.17. The van der Waals surface area contributed by atoms with Gasteiger partial charge in [0, 0.05) is 12.0 Å². The van der Waals surface area contributed by atoms with Gasteiger partial charge in [-0.25, -0.2) is 14.4 Å². The van der Waals surface area contributed by atoms with Crippen molar-refractivity contribution < 1.29 is 38.1 Å². The quantitative estimate of drug-likeness (QED) is 0.391. The first kappa shape index (κ1) is 21.9. The summed E-state index contributed by atoms with van der Waals surface area (Å²) in [7, 11) is 2.32. The van der Waals surface area contributed by atoms with Gasteiger partial charge in [0.25, 0.3) is 0 Å². The molecule has 1 aromatic carbocycles. The zero-order chi connectivity index (χ0) is 21.4. The van der Waals surface area contributed by atoms with Crippen LogP contribution in [0.1, 0.15) is 12.5 Å². The van der Waals surface area contributed by atoms with Gasteiger partial charge in [0.1, 0.15) is 12.5 Å². The van der Waals surface area contributed by atoms with Gasteiger partial charge >= 0.3 is 24.0 Å². The summed E-state index contributed by atoms with van der Waals surface area (Å²) in [5.41, 5.74) is -0.992. The van der Waals surface area contributed by atoms with E-state index in [-0.39, 0.29) is 13.2 Å². The second kappa shape index (κ2) is 9.72. The van der Waals surface area contributed by atoms with Crippen molar-refractivity contribution >= 4 is 24.0 Å². The minimum atomic E-state index is -1.74. The number of alkyl carbamates (subject to hydrolysis) is 1. The van der Waals surface area contributed by atoms with Crippen molar-refractivity contribution in [3.8, 4) is 0 Å². The molecule has 0 unspecified atom stereocenters. The molecule has 0 aliphatic heterocycles. The van der Waals surface area contributed by atoms with E-state index in [0.29, 0.717) is 0 Å². The highest BCUT2D eigenvalue weighted by Crippen LogP contribution is 2.53. The first-order chi connectivity index (χ1) is 13.9. The Bertz CT molecular complexity index is 791. The molecule has 0 aromatic heterocycles. The van der Waals surface area contributed by atoms with Crippen molar-refractivity contribution in [3.05, 3.63) is 48.0 Å². The van der Waals surface area contributed by atoms with Crippen molar-refractivity contribution in [2.75, 3.05) is 20.8 Å². The Morgan fingerprint density at radius 2 is 1.76 bits per heavy atom. The predicted octanol–water partition coefficient (Wildman–Crippen LogP) is 1.36. The Morgan fingerprint density at radius 3 is 2.34 bits per heavy atom. The fourth-order valence-electron chi connectivity index (χ4n) is 3.06. The Hall–Kier alpha value is -3.36. The number of hydrogen-bond acceptors (Lipinski definition) is 8. The summed E-state index contributed by atoms with van der Waals surface area (Å²) in [6.07, 6.45) is 1.46. The van der Waals surface area contributed by atoms with Crippen LogP contribution in [0.25, 0.3) is 0 Å². The summed E-state index contributed by atoms with van der Waals surface area (Å²) < 4.78 is 19.5. The van der Waals surface area contributed by atoms with Crippen molar-refractivity contribution in [3.63, 3.8) is 0 Å². The van der Waals surface area contributed by atoms with E-state index in [4.69, 9.17) is 14.2 Å². The highest BCUT2D eigenvalue weighted by atomic mass is 16.6. The number of ether oxygens (including phenoxy) is 4. The van der Waals surface area contributed by atoms with Crippen molar-refractivity contribution in [2.24, 2.45) is 11.8 Å². The first-order valence-electron chi connectivity index (χ1n) is 8.90. The van der Waals surface area contributed by atoms with E-state index in [1.165, 1.54) is 13.2 Å². The number of carbonyl (C=O) groups is 4. The number of rotatable bonds is 8. The maximum Gasteiger partial charge on any atom is 0.408 e. The summed E-state index contributed by atoms with van der Waals surface area (Å²) in [6.45, 7) is 1.66. The molecule has 0 spiro atoms. The molecule has 0 saturated heterocycles. The van der Waals surface area contributed by atoms with Crippen LogP contribution in [-0.4, -0.2) is 50.4 Å². The predicted molar refractivity (Wildman–Crippen MR) is 99.3 cm³/mol. The molecule has 9 nitrogen and oxygen atoms in total. The molecule has 2 rings (SSSR count). The fourth-order valence-corrected chi connectivity index (χ4v) is 3.06. The van der Waals surface area contributed by atoms with Crippen molar-refractivity contribution in [1.82, 2.24) is 5.32 Å². The minimum absolute atomic E-state index is 0.0311. The van der Waals surface area contributed by atoms with Gasteiger partial charge in [-0.05, 0) is 12.5 Å². The minimum Gasteiger partial charge on any atom is -0.467 e. The molecule has 1 aliphatic rings. The Labute approximate surface area is 167 Å². The number of amides is 1. The zero-order valence-corrected chi connectivity index (χ0v) is 16.4. The first-order valence-corrected chi connectivity index (χ1v) is 8.90. The highest BCUT2D eigenvalue weighted by molar-refractivity contribution is 5.99. The molecular formula is C20H23NO8. The molecule has 1 amide bonds. The molecule has 0 radical (unpaired) electrons. The third-order valence-electron chi connectivity index (χ3n) is 4.49. The van der Waals surface area contributed by atoms with Crippen LogP contribution in [-0.2, 0) is 39.9 Å². The van der Waals surface area contributed by atoms with Crippen LogP contribution < -0.4 is 5.32 Å². The number of hydrogen-bond donors (Lipinski definition) is 1. The zero-order valence-electron chi connectivity index (χ0n) is 16.4. The monoisotopic (exact) mass is 405 g/mol. The molecule has 1 saturated carbocycles. The van der Waals surface area contributed by atoms with Crippen LogP contribution in [0, 0.1) is 11.8 Å². The summed E-state index contributed by atoms with van der Waals surface area (Å²) in [4.78, 5) is 48.6. The summed E-state index contributed by atoms with van der Waals surface area (Å²) >= 11 is 0. The third-order valence-corrected chi connectivity index (χ3v) is 4.49. The molecule has 3 atom stereocenters. The normalized spacial score (nSPS) is 22.4. The van der Waals surface area contributed by atoms with E-state index in [0.717, 1.165) is 18.7 Å². The van der Waals surface area contributed by atoms with Crippen LogP contribution in [0.15, 0.2) is 42.5 Å². The number of nitrogens with one attached hydrogen (secondary N) is 1. The SMILES string of the molecule is CCOC(=O)[C@H]1[C@H](/C=C\C(=O)OC)[C@]1(NC(=O)OCc1ccccc1)C(=O)OC. The van der Waals surface area contributed by atoms with Crippen LogP contribution >= 0.6 is 0 Å². The lowest BCUT2D eigenvalue weighted by Crippen LogP contribution is -2.48. The molecule has 156 valence electrons. The molecule has 1 N–H and O–H groups in total. The standard InChI is InChI=1S/C20H23NO8/c1-4-28-17(23)16-14(10-11-15(22)26-2)20(16,18(24)27-3)21-19(25)29-12-13-8-6-5-7-9-13/h5-11,14,16H,4,12H2,1-3H3,(H,21,25)/b11-10-/t14-,16+,20+/m0/s1. The van der Waals surface area contributed by atoms with Gasteiger partial charge in [-0.2, -0.15) is 0 Å². The Morgan fingerprint density at radius 1 is 1.07 bits per heavy atom. The van der Waals surface area contributed by atoms with E-state index in [1.807, 2.05) is 6.07 Å². The van der Waals surface area contributed by atoms with E-state index in [1.54, 1.807) is 31.2 Å². The molecule has 1 aliphatic carbocycles. The second-order valence-corrected chi connectivity index (χ2v) is 6.19. The number of carbonyl (C=O) groups excluding carboxylic acids is 4. The molecular weight excluding hydrogens is 382 g/mol. The maximum absolute atomic E-state index is 12.5. The van der Waals surface area contributed by atoms with Gasteiger partial charge < -0.3 is 24.3 Å². The maximum atomic E-state index is 12.5. The van der Waals surface area contributed by atoms with Crippen molar-refractivity contribution in [1.29, 1.82) is 0 Å². The van der Waals surface area contributed by atoms with Gasteiger partial charge in [0.15, 0.2) is 5.54 Å². The van der Waals surface area contributed by atoms with Crippen molar-refractivity contribution in [2.45, 2.75) is 19.1 Å². The summed E-state index contributed by atoms with van der Waals surface area (Å²) in [6, 6.07) is 8.94. The molecule has 1 fully saturated rings. The molecule has 0 bridgehead atoms. The highest BCUT2D eigenvalue weighted by Gasteiger charge is 2.75. The van der Waals surface area contributed by atoms with Gasteiger partial charge in [0.05, 0.1) is 20.8 Å². The van der Waals surface area contributed by atoms with Gasteiger partial charge in [0.2, 0.25) is 0 Å². The average molecular weight is 405 g/mol. The van der Waals surface area contributed by atoms with Gasteiger partial charge in [-0.1, -0.05) is 36.4 Å². The van der Waals surface area contributed by atoms with Crippen LogP contribution in [0.3, 0.4) is 0 Å². The summed E-state index contributed by atoms with van der Waals surface area (Å²) in [5, 5.41) is 2.43. The van der Waals surface area contributed by atoms with E-state index in [2.05, 4.69) is 10.1 Å². The van der Waals surface area contributed by atoms with Gasteiger partial charge in [-0.3, -0.25) is 4.79 Å². The van der Waals surface area contributed by atoms with E-state index in [9.17, 15) is 19.2 Å². The number of esters is 3. The topological polar surface area (TPSA) is 117 Å². The smallest absolute Gasteiger partial charge is 0.408 e. The molecule has 0 heterocycles. The summed E-state index contributed by atoms with van der Waals surface area (Å²) in [5.74, 6) is -4.17.